The van der Waals surface area contributed by atoms with E-state index in [-0.39, 0.29) is 17.6 Å². The maximum absolute atomic E-state index is 13.0. The number of hydrogen-bond acceptors (Lipinski definition) is 4. The third kappa shape index (κ3) is 3.67. The van der Waals surface area contributed by atoms with E-state index in [9.17, 15) is 9.59 Å². The Morgan fingerprint density at radius 3 is 2.68 bits per heavy atom. The van der Waals surface area contributed by atoms with E-state index in [2.05, 4.69) is 10.3 Å². The van der Waals surface area contributed by atoms with Crippen molar-refractivity contribution in [2.75, 3.05) is 0 Å². The van der Waals surface area contributed by atoms with Gasteiger partial charge in [-0.1, -0.05) is 30.3 Å². The number of rotatable bonds is 4. The second-order valence-electron chi connectivity index (χ2n) is 6.89. The molecule has 1 atom stereocenters. The Morgan fingerprint density at radius 2 is 1.93 bits per heavy atom. The number of benzene rings is 1. The van der Waals surface area contributed by atoms with E-state index < -0.39 is 6.04 Å². The van der Waals surface area contributed by atoms with Crippen LogP contribution in [0.2, 0.25) is 0 Å². The summed E-state index contributed by atoms with van der Waals surface area (Å²) < 4.78 is 5.27. The molecule has 1 aliphatic heterocycles. The number of pyridine rings is 1. The van der Waals surface area contributed by atoms with Gasteiger partial charge in [-0.2, -0.15) is 0 Å². The Bertz CT molecular complexity index is 998. The second-order valence-corrected chi connectivity index (χ2v) is 6.89. The maximum Gasteiger partial charge on any atom is 0.290 e. The summed E-state index contributed by atoms with van der Waals surface area (Å²) >= 11 is 0. The van der Waals surface area contributed by atoms with Crippen molar-refractivity contribution in [2.24, 2.45) is 0 Å². The van der Waals surface area contributed by atoms with E-state index in [4.69, 9.17) is 4.42 Å². The van der Waals surface area contributed by atoms with Crippen molar-refractivity contribution in [3.63, 3.8) is 0 Å². The van der Waals surface area contributed by atoms with Gasteiger partial charge in [0, 0.05) is 18.7 Å². The zero-order valence-electron chi connectivity index (χ0n) is 15.6. The molecule has 0 aliphatic carbocycles. The molecular formula is C22H21N3O3. The molecule has 1 aliphatic rings. The normalized spacial score (nSPS) is 15.8. The molecule has 1 aromatic carbocycles. The number of amides is 2. The van der Waals surface area contributed by atoms with E-state index in [1.807, 2.05) is 49.4 Å². The Kier molecular flexibility index (Phi) is 4.93. The first-order valence-electron chi connectivity index (χ1n) is 9.23. The Labute approximate surface area is 163 Å². The van der Waals surface area contributed by atoms with Crippen LogP contribution in [0.15, 0.2) is 65.3 Å². The molecule has 3 heterocycles. The molecule has 1 unspecified atom stereocenters. The van der Waals surface area contributed by atoms with E-state index in [0.29, 0.717) is 19.5 Å². The number of nitrogens with one attached hydrogen (secondary N) is 1. The number of aromatic nitrogens is 1. The average Bonchev–Trinajstić information content (AvgIpc) is 3.25. The van der Waals surface area contributed by atoms with Crippen LogP contribution in [0.25, 0.3) is 0 Å². The van der Waals surface area contributed by atoms with Gasteiger partial charge in [-0.05, 0) is 42.3 Å². The van der Waals surface area contributed by atoms with Crippen LogP contribution in [0.4, 0.5) is 0 Å². The van der Waals surface area contributed by atoms with Crippen molar-refractivity contribution in [1.29, 1.82) is 0 Å². The van der Waals surface area contributed by atoms with Crippen molar-refractivity contribution in [1.82, 2.24) is 15.2 Å². The highest BCUT2D eigenvalue weighted by molar-refractivity contribution is 5.96. The van der Waals surface area contributed by atoms with Gasteiger partial charge in [0.2, 0.25) is 5.91 Å². The molecule has 0 radical (unpaired) electrons. The molecule has 6 heteroatoms. The number of hydrogen-bond donors (Lipinski definition) is 1. The molecule has 0 saturated carbocycles. The van der Waals surface area contributed by atoms with E-state index in [0.717, 1.165) is 22.5 Å². The van der Waals surface area contributed by atoms with Crippen LogP contribution in [0.5, 0.6) is 0 Å². The summed E-state index contributed by atoms with van der Waals surface area (Å²) in [6, 6.07) is 16.3. The molecule has 6 nitrogen and oxygen atoms in total. The van der Waals surface area contributed by atoms with Crippen LogP contribution in [0.1, 0.15) is 33.1 Å². The zero-order chi connectivity index (χ0) is 19.5. The Morgan fingerprint density at radius 1 is 1.11 bits per heavy atom. The van der Waals surface area contributed by atoms with Crippen molar-refractivity contribution in [3.8, 4) is 0 Å². The number of fused-ring (bicyclic) bond motifs is 1. The molecule has 1 N–H and O–H groups in total. The summed E-state index contributed by atoms with van der Waals surface area (Å²) in [4.78, 5) is 31.9. The quantitative estimate of drug-likeness (QED) is 0.761. The van der Waals surface area contributed by atoms with Gasteiger partial charge in [0.1, 0.15) is 6.04 Å². The lowest BCUT2D eigenvalue weighted by molar-refractivity contribution is -0.126. The number of carbonyl (C=O) groups is 2. The van der Waals surface area contributed by atoms with Gasteiger partial charge < -0.3 is 14.6 Å². The molecule has 3 aromatic rings. The van der Waals surface area contributed by atoms with Gasteiger partial charge in [0.05, 0.1) is 18.5 Å². The van der Waals surface area contributed by atoms with Crippen LogP contribution < -0.4 is 5.32 Å². The lowest BCUT2D eigenvalue weighted by Gasteiger charge is -2.35. The number of nitrogens with zero attached hydrogens (tertiary/aromatic N) is 2. The van der Waals surface area contributed by atoms with Crippen LogP contribution in [0.3, 0.4) is 0 Å². The molecule has 142 valence electrons. The third-order valence-corrected chi connectivity index (χ3v) is 4.93. The SMILES string of the molecule is Cc1cccc(CNC(=O)C2Cc3ccccc3CN2C(=O)c2ccco2)n1. The number of aryl methyl sites for hydroxylation is 1. The minimum absolute atomic E-state index is 0.197. The van der Waals surface area contributed by atoms with E-state index in [1.54, 1.807) is 17.0 Å². The van der Waals surface area contributed by atoms with Gasteiger partial charge in [0.25, 0.3) is 5.91 Å². The molecule has 28 heavy (non-hydrogen) atoms. The molecule has 2 aromatic heterocycles. The number of furan rings is 1. The first-order chi connectivity index (χ1) is 13.6. The lowest BCUT2D eigenvalue weighted by Crippen LogP contribution is -2.52. The molecule has 4 rings (SSSR count). The van der Waals surface area contributed by atoms with Crippen molar-refractivity contribution in [2.45, 2.75) is 32.5 Å². The Balaban J connectivity index is 1.56. The first kappa shape index (κ1) is 18.0. The standard InChI is InChI=1S/C22H21N3O3/c1-15-6-4-9-18(24-15)13-23-21(26)19-12-16-7-2-3-8-17(16)14-25(19)22(27)20-10-5-11-28-20/h2-11,19H,12-14H2,1H3,(H,23,26). The van der Waals surface area contributed by atoms with Gasteiger partial charge in [0.15, 0.2) is 5.76 Å². The first-order valence-corrected chi connectivity index (χ1v) is 9.23. The summed E-state index contributed by atoms with van der Waals surface area (Å²) in [6.45, 7) is 2.60. The van der Waals surface area contributed by atoms with Gasteiger partial charge in [-0.15, -0.1) is 0 Å². The minimum atomic E-state index is -0.600. The lowest BCUT2D eigenvalue weighted by atomic mass is 9.93. The van der Waals surface area contributed by atoms with Gasteiger partial charge in [-0.3, -0.25) is 14.6 Å². The molecule has 0 spiro atoms. The summed E-state index contributed by atoms with van der Waals surface area (Å²) in [5.74, 6) is -0.247. The van der Waals surface area contributed by atoms with Crippen molar-refractivity contribution >= 4 is 11.8 Å². The molecule has 0 saturated heterocycles. The maximum atomic E-state index is 13.0. The molecule has 0 bridgehead atoms. The fourth-order valence-electron chi connectivity index (χ4n) is 3.51. The van der Waals surface area contributed by atoms with Crippen LogP contribution in [0, 0.1) is 6.92 Å². The van der Waals surface area contributed by atoms with Crippen LogP contribution in [-0.4, -0.2) is 27.7 Å². The minimum Gasteiger partial charge on any atom is -0.459 e. The van der Waals surface area contributed by atoms with Gasteiger partial charge in [-0.25, -0.2) is 0 Å². The van der Waals surface area contributed by atoms with Crippen LogP contribution >= 0.6 is 0 Å². The van der Waals surface area contributed by atoms with Crippen molar-refractivity contribution < 1.29 is 14.0 Å². The number of carbonyl (C=O) groups excluding carboxylic acids is 2. The fraction of sp³-hybridized carbons (Fsp3) is 0.227. The van der Waals surface area contributed by atoms with E-state index >= 15 is 0 Å². The zero-order valence-corrected chi connectivity index (χ0v) is 15.6. The molecule has 2 amide bonds. The Hall–Kier alpha value is -3.41. The highest BCUT2D eigenvalue weighted by Gasteiger charge is 2.35. The smallest absolute Gasteiger partial charge is 0.290 e. The largest absolute Gasteiger partial charge is 0.459 e. The highest BCUT2D eigenvalue weighted by Crippen LogP contribution is 2.25. The second kappa shape index (κ2) is 7.68. The molecular weight excluding hydrogens is 354 g/mol. The average molecular weight is 375 g/mol. The predicted octanol–water partition coefficient (Wildman–Crippen LogP) is 2.87. The molecule has 0 fully saturated rings. The topological polar surface area (TPSA) is 75.4 Å². The fourth-order valence-corrected chi connectivity index (χ4v) is 3.51. The summed E-state index contributed by atoms with van der Waals surface area (Å²) in [5.41, 5.74) is 3.81. The summed E-state index contributed by atoms with van der Waals surface area (Å²) in [6.07, 6.45) is 1.93. The van der Waals surface area contributed by atoms with Gasteiger partial charge >= 0.3 is 0 Å². The predicted molar refractivity (Wildman–Crippen MR) is 103 cm³/mol. The summed E-state index contributed by atoms with van der Waals surface area (Å²) in [7, 11) is 0. The van der Waals surface area contributed by atoms with Crippen molar-refractivity contribution in [3.05, 3.63) is 89.1 Å². The van der Waals surface area contributed by atoms with Crippen LogP contribution in [-0.2, 0) is 24.3 Å². The van der Waals surface area contributed by atoms with E-state index in [1.165, 1.54) is 6.26 Å². The highest BCUT2D eigenvalue weighted by atomic mass is 16.3. The summed E-state index contributed by atoms with van der Waals surface area (Å²) in [5, 5.41) is 2.93. The monoisotopic (exact) mass is 375 g/mol. The third-order valence-electron chi connectivity index (χ3n) is 4.93.